The van der Waals surface area contributed by atoms with Crippen LogP contribution in [0.5, 0.6) is 5.88 Å². The molecule has 0 unspecified atom stereocenters. The lowest BCUT2D eigenvalue weighted by molar-refractivity contribution is 0.393. The summed E-state index contributed by atoms with van der Waals surface area (Å²) < 4.78 is 38.0. The molecular weight excluding hydrogens is 456 g/mol. The molecule has 2 aromatic heterocycles. The van der Waals surface area contributed by atoms with E-state index in [1.165, 1.54) is 37.1 Å². The van der Waals surface area contributed by atoms with Crippen molar-refractivity contribution in [2.24, 2.45) is 0 Å². The fourth-order valence-corrected chi connectivity index (χ4v) is 4.47. The van der Waals surface area contributed by atoms with Gasteiger partial charge in [-0.15, -0.1) is 0 Å². The summed E-state index contributed by atoms with van der Waals surface area (Å²) in [5.41, 5.74) is 0.255. The molecule has 0 spiro atoms. The highest BCUT2D eigenvalue weighted by Crippen LogP contribution is 2.27. The summed E-state index contributed by atoms with van der Waals surface area (Å²) in [5.74, 6) is 0.174. The largest absolute Gasteiger partial charge is 0.481 e. The number of halogens is 2. The van der Waals surface area contributed by atoms with Crippen molar-refractivity contribution in [1.29, 1.82) is 0 Å². The Morgan fingerprint density at radius 1 is 1.06 bits per heavy atom. The molecule has 4 rings (SSSR count). The van der Waals surface area contributed by atoms with Gasteiger partial charge < -0.3 is 14.4 Å². The Hall–Kier alpha value is -2.70. The van der Waals surface area contributed by atoms with Crippen LogP contribution in [0.3, 0.4) is 0 Å². The van der Waals surface area contributed by atoms with Crippen molar-refractivity contribution in [2.45, 2.75) is 10.9 Å². The first-order chi connectivity index (χ1) is 15.6. The molecular formula is C20H21F2N7OS2. The zero-order valence-electron chi connectivity index (χ0n) is 17.2. The van der Waals surface area contributed by atoms with Crippen molar-refractivity contribution in [3.05, 3.63) is 59.9 Å². The molecule has 1 aliphatic heterocycles. The Morgan fingerprint density at radius 3 is 2.59 bits per heavy atom. The molecule has 1 aliphatic rings. The van der Waals surface area contributed by atoms with Gasteiger partial charge in [-0.2, -0.15) is 4.98 Å². The second kappa shape index (κ2) is 10.7. The molecule has 0 saturated carbocycles. The van der Waals surface area contributed by atoms with Gasteiger partial charge in [0, 0.05) is 68.1 Å². The van der Waals surface area contributed by atoms with E-state index in [0.29, 0.717) is 16.9 Å². The predicted molar refractivity (Wildman–Crippen MR) is 122 cm³/mol. The lowest BCUT2D eigenvalue weighted by Gasteiger charge is -2.33. The minimum atomic E-state index is -0.868. The van der Waals surface area contributed by atoms with Crippen LogP contribution in [0, 0.1) is 11.6 Å². The Labute approximate surface area is 193 Å². The van der Waals surface area contributed by atoms with Crippen molar-refractivity contribution >= 4 is 35.7 Å². The maximum absolute atomic E-state index is 13.9. The van der Waals surface area contributed by atoms with Gasteiger partial charge in [-0.3, -0.25) is 0 Å². The summed E-state index contributed by atoms with van der Waals surface area (Å²) in [5, 5.41) is 0.405. The first-order valence-electron chi connectivity index (χ1n) is 9.81. The standard InChI is InChI=1S/C20H21F2N7OS2/c1-30-17-12-16(25-20(26-17)31-13-14-4-2-5-15(21)18(14)22)27-32-29-10-8-28(9-11-29)19-23-6-3-7-24-19/h2-7,12H,8-11,13H2,1H3,(H,25,26,27). The molecule has 12 heteroatoms. The number of thioether (sulfide) groups is 1. The molecule has 8 nitrogen and oxygen atoms in total. The molecule has 0 bridgehead atoms. The predicted octanol–water partition coefficient (Wildman–Crippen LogP) is 3.64. The molecule has 32 heavy (non-hydrogen) atoms. The normalized spacial score (nSPS) is 14.4. The van der Waals surface area contributed by atoms with E-state index in [2.05, 4.69) is 33.9 Å². The number of nitrogens with one attached hydrogen (secondary N) is 1. The van der Waals surface area contributed by atoms with E-state index in [1.807, 2.05) is 0 Å². The lowest BCUT2D eigenvalue weighted by atomic mass is 10.2. The van der Waals surface area contributed by atoms with Gasteiger partial charge in [0.05, 0.1) is 7.11 Å². The van der Waals surface area contributed by atoms with Gasteiger partial charge in [0.1, 0.15) is 5.82 Å². The van der Waals surface area contributed by atoms with E-state index in [-0.39, 0.29) is 11.3 Å². The molecule has 168 valence electrons. The van der Waals surface area contributed by atoms with Gasteiger partial charge in [0.2, 0.25) is 11.8 Å². The van der Waals surface area contributed by atoms with E-state index >= 15 is 0 Å². The fourth-order valence-electron chi connectivity index (χ4n) is 2.97. The maximum Gasteiger partial charge on any atom is 0.225 e. The van der Waals surface area contributed by atoms with Crippen LogP contribution in [0.25, 0.3) is 0 Å². The number of methoxy groups -OCH3 is 1. The molecule has 0 aliphatic carbocycles. The first-order valence-corrected chi connectivity index (χ1v) is 11.6. The van der Waals surface area contributed by atoms with Crippen molar-refractivity contribution in [2.75, 3.05) is 42.9 Å². The van der Waals surface area contributed by atoms with Gasteiger partial charge in [-0.05, 0) is 12.1 Å². The number of piperazine rings is 1. The van der Waals surface area contributed by atoms with Crippen LogP contribution in [0.1, 0.15) is 5.56 Å². The Kier molecular flexibility index (Phi) is 7.55. The highest BCUT2D eigenvalue weighted by molar-refractivity contribution is 7.98. The first kappa shape index (κ1) is 22.5. The number of hydrogen-bond acceptors (Lipinski definition) is 10. The van der Waals surface area contributed by atoms with Crippen LogP contribution in [-0.2, 0) is 5.75 Å². The minimum Gasteiger partial charge on any atom is -0.481 e. The summed E-state index contributed by atoms with van der Waals surface area (Å²) in [7, 11) is 1.52. The number of hydrogen-bond donors (Lipinski definition) is 1. The fraction of sp³-hybridized carbons (Fsp3) is 0.300. The highest BCUT2D eigenvalue weighted by Gasteiger charge is 2.19. The molecule has 0 atom stereocenters. The average Bonchev–Trinajstić information content (AvgIpc) is 2.84. The molecule has 3 heterocycles. The molecule has 1 aromatic carbocycles. The van der Waals surface area contributed by atoms with Gasteiger partial charge in [-0.25, -0.2) is 28.0 Å². The third-order valence-electron chi connectivity index (χ3n) is 4.63. The Morgan fingerprint density at radius 2 is 1.84 bits per heavy atom. The van der Waals surface area contributed by atoms with E-state index in [4.69, 9.17) is 4.74 Å². The summed E-state index contributed by atoms with van der Waals surface area (Å²) in [6, 6.07) is 7.61. The zero-order valence-corrected chi connectivity index (χ0v) is 18.9. The molecule has 1 fully saturated rings. The second-order valence-electron chi connectivity index (χ2n) is 6.74. The third kappa shape index (κ3) is 5.75. The van der Waals surface area contributed by atoms with Crippen LogP contribution in [0.2, 0.25) is 0 Å². The summed E-state index contributed by atoms with van der Waals surface area (Å²) in [6.07, 6.45) is 3.48. The number of benzene rings is 1. The molecule has 0 radical (unpaired) electrons. The van der Waals surface area contributed by atoms with Gasteiger partial charge >= 0.3 is 0 Å². The van der Waals surface area contributed by atoms with Crippen LogP contribution in [0.4, 0.5) is 20.5 Å². The molecule has 0 amide bonds. The maximum atomic E-state index is 13.9. The number of nitrogens with zero attached hydrogens (tertiary/aromatic N) is 6. The second-order valence-corrected chi connectivity index (χ2v) is 8.58. The Balaban J connectivity index is 1.33. The minimum absolute atomic E-state index is 0.201. The van der Waals surface area contributed by atoms with Crippen LogP contribution in [-0.4, -0.2) is 57.5 Å². The van der Waals surface area contributed by atoms with Gasteiger partial charge in [0.25, 0.3) is 0 Å². The van der Waals surface area contributed by atoms with Crippen molar-refractivity contribution in [1.82, 2.24) is 24.2 Å². The SMILES string of the molecule is COc1cc(NSN2CCN(c3ncccn3)CC2)nc(SCc2cccc(F)c2F)n1. The van der Waals surface area contributed by atoms with E-state index in [1.54, 1.807) is 30.6 Å². The summed E-state index contributed by atoms with van der Waals surface area (Å²) in [6.45, 7) is 3.26. The van der Waals surface area contributed by atoms with Crippen molar-refractivity contribution in [3.8, 4) is 5.88 Å². The van der Waals surface area contributed by atoms with E-state index < -0.39 is 11.6 Å². The van der Waals surface area contributed by atoms with Crippen LogP contribution in [0.15, 0.2) is 47.9 Å². The van der Waals surface area contributed by atoms with Crippen LogP contribution >= 0.6 is 23.9 Å². The molecule has 1 N–H and O–H groups in total. The summed E-state index contributed by atoms with van der Waals surface area (Å²) in [4.78, 5) is 19.5. The number of rotatable bonds is 8. The Bertz CT molecular complexity index is 1040. The summed E-state index contributed by atoms with van der Waals surface area (Å²) >= 11 is 2.65. The highest BCUT2D eigenvalue weighted by atomic mass is 32.2. The molecule has 3 aromatic rings. The number of ether oxygens (including phenoxy) is 1. The quantitative estimate of drug-likeness (QED) is 0.295. The smallest absolute Gasteiger partial charge is 0.225 e. The van der Waals surface area contributed by atoms with E-state index in [0.717, 1.165) is 38.2 Å². The van der Waals surface area contributed by atoms with Crippen molar-refractivity contribution < 1.29 is 13.5 Å². The zero-order chi connectivity index (χ0) is 22.3. The third-order valence-corrected chi connectivity index (χ3v) is 6.45. The number of aromatic nitrogens is 4. The monoisotopic (exact) mass is 477 g/mol. The topological polar surface area (TPSA) is 79.3 Å². The van der Waals surface area contributed by atoms with Gasteiger partial charge in [-0.1, -0.05) is 23.9 Å². The molecule has 1 saturated heterocycles. The van der Waals surface area contributed by atoms with Gasteiger partial charge in [0.15, 0.2) is 16.8 Å². The van der Waals surface area contributed by atoms with Crippen molar-refractivity contribution in [3.63, 3.8) is 0 Å². The van der Waals surface area contributed by atoms with E-state index in [9.17, 15) is 8.78 Å². The number of anilines is 2. The average molecular weight is 478 g/mol. The lowest BCUT2D eigenvalue weighted by Crippen LogP contribution is -2.44. The van der Waals surface area contributed by atoms with Crippen LogP contribution < -0.4 is 14.4 Å².